The molecule has 20 heavy (non-hydrogen) atoms. The minimum atomic E-state index is 0.0673. The molecule has 1 unspecified atom stereocenters. The Balaban J connectivity index is 2.11. The lowest BCUT2D eigenvalue weighted by Crippen LogP contribution is -2.28. The van der Waals surface area contributed by atoms with Crippen LogP contribution in [0.5, 0.6) is 0 Å². The second kappa shape index (κ2) is 7.66. The highest BCUT2D eigenvalue weighted by Crippen LogP contribution is 2.25. The quantitative estimate of drug-likeness (QED) is 0.630. The number of halogens is 1. The van der Waals surface area contributed by atoms with Crippen LogP contribution < -0.4 is 0 Å². The molecule has 0 aliphatic carbocycles. The molecule has 0 N–H and O–H groups in total. The monoisotopic (exact) mass is 289 g/mol. The van der Waals surface area contributed by atoms with Crippen molar-refractivity contribution in [2.24, 2.45) is 0 Å². The van der Waals surface area contributed by atoms with Crippen molar-refractivity contribution in [3.8, 4) is 0 Å². The lowest BCUT2D eigenvalue weighted by atomic mass is 10.0. The second-order valence-electron chi connectivity index (χ2n) is 5.37. The first-order valence-electron chi connectivity index (χ1n) is 7.59. The van der Waals surface area contributed by atoms with Gasteiger partial charge in [0.15, 0.2) is 0 Å². The number of rotatable bonds is 7. The topological polar surface area (TPSA) is 3.24 Å². The molecule has 2 heteroatoms. The summed E-state index contributed by atoms with van der Waals surface area (Å²) in [5.74, 6) is 0. The first-order chi connectivity index (χ1) is 9.74. The Hall–Kier alpha value is -1.05. The van der Waals surface area contributed by atoms with Crippen LogP contribution in [0.1, 0.15) is 37.6 Å². The number of hydrogen-bond donors (Lipinski definition) is 0. The van der Waals surface area contributed by atoms with Crippen molar-refractivity contribution in [3.63, 3.8) is 0 Å². The Morgan fingerprint density at radius 3 is 2.25 bits per heavy atom. The molecular formula is C18H24ClN. The van der Waals surface area contributed by atoms with Crippen LogP contribution in [0.15, 0.2) is 42.5 Å². The highest BCUT2D eigenvalue weighted by atomic mass is 35.5. The molecule has 2 rings (SSSR count). The van der Waals surface area contributed by atoms with Crippen molar-refractivity contribution in [2.75, 3.05) is 19.6 Å². The molecule has 108 valence electrons. The number of hydrogen-bond acceptors (Lipinski definition) is 1. The summed E-state index contributed by atoms with van der Waals surface area (Å²) in [4.78, 5) is 2.47. The predicted octanol–water partition coefficient (Wildman–Crippen LogP) is 5.24. The number of fused-ring (bicyclic) bond motifs is 1. The van der Waals surface area contributed by atoms with E-state index in [1.54, 1.807) is 0 Å². The van der Waals surface area contributed by atoms with Crippen LogP contribution in [-0.2, 0) is 0 Å². The summed E-state index contributed by atoms with van der Waals surface area (Å²) < 4.78 is 0. The van der Waals surface area contributed by atoms with E-state index in [1.165, 1.54) is 29.2 Å². The molecule has 0 aromatic heterocycles. The van der Waals surface area contributed by atoms with E-state index in [4.69, 9.17) is 11.6 Å². The summed E-state index contributed by atoms with van der Waals surface area (Å²) in [5, 5.41) is 2.62. The third-order valence-electron chi connectivity index (χ3n) is 3.63. The Labute approximate surface area is 127 Å². The van der Waals surface area contributed by atoms with E-state index in [1.807, 2.05) is 0 Å². The molecule has 0 aliphatic rings. The Kier molecular flexibility index (Phi) is 5.87. The first-order valence-corrected chi connectivity index (χ1v) is 8.03. The fourth-order valence-corrected chi connectivity index (χ4v) is 2.99. The van der Waals surface area contributed by atoms with Gasteiger partial charge in [-0.3, -0.25) is 0 Å². The number of nitrogens with zero attached hydrogens (tertiary/aromatic N) is 1. The van der Waals surface area contributed by atoms with E-state index in [0.29, 0.717) is 0 Å². The first kappa shape index (κ1) is 15.3. The van der Waals surface area contributed by atoms with Crippen molar-refractivity contribution >= 4 is 22.4 Å². The van der Waals surface area contributed by atoms with Gasteiger partial charge in [-0.15, -0.1) is 11.6 Å². The molecule has 0 fully saturated rings. The zero-order chi connectivity index (χ0) is 14.4. The molecule has 1 atom stereocenters. The van der Waals surface area contributed by atoms with Gasteiger partial charge in [-0.05, 0) is 48.3 Å². The van der Waals surface area contributed by atoms with Gasteiger partial charge in [0.1, 0.15) is 0 Å². The highest BCUT2D eigenvalue weighted by molar-refractivity contribution is 6.21. The molecule has 2 aromatic rings. The molecule has 0 heterocycles. The molecule has 0 saturated heterocycles. The van der Waals surface area contributed by atoms with Crippen LogP contribution in [0.4, 0.5) is 0 Å². The fraction of sp³-hybridized carbons (Fsp3) is 0.444. The normalized spacial score (nSPS) is 13.0. The Bertz CT molecular complexity index is 532. The number of alkyl halides is 1. The Morgan fingerprint density at radius 1 is 0.950 bits per heavy atom. The SMILES string of the molecule is CCCN(CCC)CC(Cl)c1ccc2ccccc2c1. The van der Waals surface area contributed by atoms with E-state index < -0.39 is 0 Å². The maximum Gasteiger partial charge on any atom is 0.0712 e. The molecule has 0 saturated carbocycles. The van der Waals surface area contributed by atoms with Crippen LogP contribution >= 0.6 is 11.6 Å². The van der Waals surface area contributed by atoms with Crippen LogP contribution in [0.2, 0.25) is 0 Å². The molecule has 0 amide bonds. The van der Waals surface area contributed by atoms with Gasteiger partial charge in [-0.1, -0.05) is 50.2 Å². The van der Waals surface area contributed by atoms with Gasteiger partial charge >= 0.3 is 0 Å². The third kappa shape index (κ3) is 3.97. The van der Waals surface area contributed by atoms with Gasteiger partial charge < -0.3 is 4.90 Å². The Morgan fingerprint density at radius 2 is 1.60 bits per heavy atom. The van der Waals surface area contributed by atoms with Crippen LogP contribution in [-0.4, -0.2) is 24.5 Å². The summed E-state index contributed by atoms with van der Waals surface area (Å²) in [6.07, 6.45) is 2.36. The lowest BCUT2D eigenvalue weighted by molar-refractivity contribution is 0.275. The zero-order valence-corrected chi connectivity index (χ0v) is 13.2. The summed E-state index contributed by atoms with van der Waals surface area (Å²) >= 11 is 6.63. The number of benzene rings is 2. The van der Waals surface area contributed by atoms with Crippen molar-refractivity contribution in [1.82, 2.24) is 4.90 Å². The molecule has 0 radical (unpaired) electrons. The predicted molar refractivity (Wildman–Crippen MR) is 89.6 cm³/mol. The maximum absolute atomic E-state index is 6.63. The van der Waals surface area contributed by atoms with E-state index >= 15 is 0 Å². The minimum absolute atomic E-state index is 0.0673. The van der Waals surface area contributed by atoms with Gasteiger partial charge in [0.2, 0.25) is 0 Å². The van der Waals surface area contributed by atoms with Crippen molar-refractivity contribution < 1.29 is 0 Å². The van der Waals surface area contributed by atoms with Crippen LogP contribution in [0.3, 0.4) is 0 Å². The van der Waals surface area contributed by atoms with Crippen LogP contribution in [0.25, 0.3) is 10.8 Å². The summed E-state index contributed by atoms with van der Waals surface area (Å²) in [6, 6.07) is 15.0. The van der Waals surface area contributed by atoms with Gasteiger partial charge in [-0.25, -0.2) is 0 Å². The van der Waals surface area contributed by atoms with E-state index in [0.717, 1.165) is 19.6 Å². The molecule has 2 aromatic carbocycles. The third-order valence-corrected chi connectivity index (χ3v) is 4.02. The van der Waals surface area contributed by atoms with Crippen molar-refractivity contribution in [1.29, 1.82) is 0 Å². The zero-order valence-electron chi connectivity index (χ0n) is 12.5. The average Bonchev–Trinajstić information content (AvgIpc) is 2.47. The van der Waals surface area contributed by atoms with Gasteiger partial charge in [0.05, 0.1) is 5.38 Å². The van der Waals surface area contributed by atoms with E-state index in [9.17, 15) is 0 Å². The van der Waals surface area contributed by atoms with Gasteiger partial charge in [0.25, 0.3) is 0 Å². The largest absolute Gasteiger partial charge is 0.302 e. The molecule has 0 bridgehead atoms. The van der Waals surface area contributed by atoms with Crippen molar-refractivity contribution in [3.05, 3.63) is 48.0 Å². The van der Waals surface area contributed by atoms with Crippen LogP contribution in [0, 0.1) is 0 Å². The highest BCUT2D eigenvalue weighted by Gasteiger charge is 2.13. The minimum Gasteiger partial charge on any atom is -0.302 e. The fourth-order valence-electron chi connectivity index (χ4n) is 2.66. The van der Waals surface area contributed by atoms with E-state index in [2.05, 4.69) is 61.2 Å². The molecule has 0 spiro atoms. The van der Waals surface area contributed by atoms with Gasteiger partial charge in [0, 0.05) is 6.54 Å². The standard InChI is InChI=1S/C18H24ClN/c1-3-11-20(12-4-2)14-18(19)17-10-9-15-7-5-6-8-16(15)13-17/h5-10,13,18H,3-4,11-12,14H2,1-2H3. The summed E-state index contributed by atoms with van der Waals surface area (Å²) in [7, 11) is 0. The molecular weight excluding hydrogens is 266 g/mol. The van der Waals surface area contributed by atoms with Crippen molar-refractivity contribution in [2.45, 2.75) is 32.1 Å². The molecule has 0 aliphatic heterocycles. The lowest BCUT2D eigenvalue weighted by Gasteiger charge is -2.24. The smallest absolute Gasteiger partial charge is 0.0712 e. The van der Waals surface area contributed by atoms with Gasteiger partial charge in [-0.2, -0.15) is 0 Å². The maximum atomic E-state index is 6.63. The van der Waals surface area contributed by atoms with E-state index in [-0.39, 0.29) is 5.38 Å². The summed E-state index contributed by atoms with van der Waals surface area (Å²) in [5.41, 5.74) is 1.22. The summed E-state index contributed by atoms with van der Waals surface area (Å²) in [6.45, 7) is 7.64. The molecule has 1 nitrogen and oxygen atoms in total. The average molecular weight is 290 g/mol. The second-order valence-corrected chi connectivity index (χ2v) is 5.90.